The van der Waals surface area contributed by atoms with E-state index in [0.29, 0.717) is 11.7 Å². The molecule has 0 amide bonds. The summed E-state index contributed by atoms with van der Waals surface area (Å²) in [7, 11) is 0. The van der Waals surface area contributed by atoms with E-state index in [9.17, 15) is 5.11 Å². The Hall–Kier alpha value is -1.02. The molecule has 88 valence electrons. The minimum Gasteiger partial charge on any atom is -0.508 e. The van der Waals surface area contributed by atoms with Gasteiger partial charge in [-0.2, -0.15) is 0 Å². The Morgan fingerprint density at radius 2 is 2.06 bits per heavy atom. The number of phenolic OH excluding ortho intramolecular Hbond substituents is 1. The van der Waals surface area contributed by atoms with E-state index in [-0.39, 0.29) is 5.54 Å². The largest absolute Gasteiger partial charge is 0.508 e. The quantitative estimate of drug-likeness (QED) is 0.818. The van der Waals surface area contributed by atoms with Gasteiger partial charge in [0, 0.05) is 5.54 Å². The minimum absolute atomic E-state index is 0.0726. The Bertz CT molecular complexity index is 380. The van der Waals surface area contributed by atoms with Crippen LogP contribution in [-0.4, -0.2) is 10.6 Å². The van der Waals surface area contributed by atoms with Crippen LogP contribution in [0.2, 0.25) is 0 Å². The molecule has 1 aliphatic carbocycles. The van der Waals surface area contributed by atoms with Gasteiger partial charge in [0.15, 0.2) is 0 Å². The van der Waals surface area contributed by atoms with Crippen LogP contribution in [0.4, 0.5) is 0 Å². The maximum Gasteiger partial charge on any atom is 0.119 e. The topological polar surface area (TPSA) is 46.2 Å². The molecule has 0 bridgehead atoms. The van der Waals surface area contributed by atoms with Gasteiger partial charge in [-0.15, -0.1) is 0 Å². The maximum atomic E-state index is 9.92. The number of phenols is 1. The van der Waals surface area contributed by atoms with Crippen molar-refractivity contribution in [2.75, 3.05) is 0 Å². The van der Waals surface area contributed by atoms with Crippen molar-refractivity contribution >= 4 is 0 Å². The SMILES string of the molecule is CC(C)c1ccc(CCC2(N)CC2)c(O)c1. The van der Waals surface area contributed by atoms with Crippen LogP contribution >= 0.6 is 0 Å². The molecule has 0 heterocycles. The van der Waals surface area contributed by atoms with Crippen LogP contribution in [0.3, 0.4) is 0 Å². The number of aromatic hydroxyl groups is 1. The molecule has 1 saturated carbocycles. The van der Waals surface area contributed by atoms with Crippen LogP contribution in [0, 0.1) is 0 Å². The van der Waals surface area contributed by atoms with Crippen molar-refractivity contribution in [1.82, 2.24) is 0 Å². The summed E-state index contributed by atoms with van der Waals surface area (Å²) >= 11 is 0. The van der Waals surface area contributed by atoms with Crippen molar-refractivity contribution in [3.63, 3.8) is 0 Å². The number of aryl methyl sites for hydroxylation is 1. The van der Waals surface area contributed by atoms with Gasteiger partial charge in [0.25, 0.3) is 0 Å². The van der Waals surface area contributed by atoms with Gasteiger partial charge < -0.3 is 10.8 Å². The van der Waals surface area contributed by atoms with E-state index in [1.54, 1.807) is 0 Å². The summed E-state index contributed by atoms with van der Waals surface area (Å²) in [4.78, 5) is 0. The third kappa shape index (κ3) is 2.56. The van der Waals surface area contributed by atoms with Crippen molar-refractivity contribution in [2.45, 2.75) is 51.0 Å². The van der Waals surface area contributed by atoms with Gasteiger partial charge in [-0.1, -0.05) is 26.0 Å². The molecular weight excluding hydrogens is 198 g/mol. The number of hydrogen-bond donors (Lipinski definition) is 2. The molecule has 1 fully saturated rings. The highest BCUT2D eigenvalue weighted by molar-refractivity contribution is 5.37. The Morgan fingerprint density at radius 1 is 1.38 bits per heavy atom. The van der Waals surface area contributed by atoms with Gasteiger partial charge in [-0.05, 0) is 48.8 Å². The average Bonchev–Trinajstić information content (AvgIpc) is 2.95. The van der Waals surface area contributed by atoms with Crippen LogP contribution in [0.25, 0.3) is 0 Å². The number of hydrogen-bond acceptors (Lipinski definition) is 2. The van der Waals surface area contributed by atoms with Gasteiger partial charge in [-0.25, -0.2) is 0 Å². The summed E-state index contributed by atoms with van der Waals surface area (Å²) in [5, 5.41) is 9.92. The monoisotopic (exact) mass is 219 g/mol. The van der Waals surface area contributed by atoms with Gasteiger partial charge >= 0.3 is 0 Å². The van der Waals surface area contributed by atoms with Crippen LogP contribution in [0.5, 0.6) is 5.75 Å². The van der Waals surface area contributed by atoms with Crippen LogP contribution in [0.1, 0.15) is 50.2 Å². The lowest BCUT2D eigenvalue weighted by molar-refractivity contribution is 0.463. The van der Waals surface area contributed by atoms with Gasteiger partial charge in [-0.3, -0.25) is 0 Å². The fourth-order valence-electron chi connectivity index (χ4n) is 1.95. The predicted molar refractivity (Wildman–Crippen MR) is 66.7 cm³/mol. The van der Waals surface area contributed by atoms with Gasteiger partial charge in [0.2, 0.25) is 0 Å². The van der Waals surface area contributed by atoms with Crippen molar-refractivity contribution in [3.05, 3.63) is 29.3 Å². The molecule has 1 aromatic carbocycles. The minimum atomic E-state index is 0.0726. The van der Waals surface area contributed by atoms with Crippen molar-refractivity contribution < 1.29 is 5.11 Å². The first-order valence-electron chi connectivity index (χ1n) is 6.11. The molecule has 0 aliphatic heterocycles. The van der Waals surface area contributed by atoms with Gasteiger partial charge in [0.1, 0.15) is 5.75 Å². The fraction of sp³-hybridized carbons (Fsp3) is 0.571. The normalized spacial score (nSPS) is 17.8. The Morgan fingerprint density at radius 3 is 2.56 bits per heavy atom. The highest BCUT2D eigenvalue weighted by Crippen LogP contribution is 2.37. The molecule has 0 unspecified atom stereocenters. The third-order valence-corrected chi connectivity index (χ3v) is 3.56. The van der Waals surface area contributed by atoms with Crippen LogP contribution in [-0.2, 0) is 6.42 Å². The fourth-order valence-corrected chi connectivity index (χ4v) is 1.95. The zero-order valence-corrected chi connectivity index (χ0v) is 10.2. The molecule has 2 rings (SSSR count). The molecule has 0 radical (unpaired) electrons. The summed E-state index contributed by atoms with van der Waals surface area (Å²) in [6.45, 7) is 4.26. The summed E-state index contributed by atoms with van der Waals surface area (Å²) in [6.07, 6.45) is 4.15. The highest BCUT2D eigenvalue weighted by atomic mass is 16.3. The summed E-state index contributed by atoms with van der Waals surface area (Å²) in [5.41, 5.74) is 8.33. The smallest absolute Gasteiger partial charge is 0.119 e. The van der Waals surface area contributed by atoms with Crippen LogP contribution < -0.4 is 5.73 Å². The average molecular weight is 219 g/mol. The summed E-state index contributed by atoms with van der Waals surface area (Å²) in [6, 6.07) is 6.03. The lowest BCUT2D eigenvalue weighted by Gasteiger charge is -2.12. The molecule has 2 heteroatoms. The molecule has 16 heavy (non-hydrogen) atoms. The van der Waals surface area contributed by atoms with Crippen molar-refractivity contribution in [3.8, 4) is 5.75 Å². The Balaban J connectivity index is 2.04. The third-order valence-electron chi connectivity index (χ3n) is 3.56. The molecule has 3 N–H and O–H groups in total. The van der Waals surface area contributed by atoms with E-state index in [0.717, 1.165) is 31.2 Å². The number of rotatable bonds is 4. The maximum absolute atomic E-state index is 9.92. The Labute approximate surface area is 97.5 Å². The Kier molecular flexibility index (Phi) is 2.94. The first-order chi connectivity index (χ1) is 7.50. The van der Waals surface area contributed by atoms with E-state index in [2.05, 4.69) is 19.9 Å². The molecular formula is C14H21NO. The second-order valence-electron chi connectivity index (χ2n) is 5.41. The zero-order valence-electron chi connectivity index (χ0n) is 10.2. The van der Waals surface area contributed by atoms with Gasteiger partial charge in [0.05, 0.1) is 0 Å². The van der Waals surface area contributed by atoms with E-state index in [1.165, 1.54) is 5.56 Å². The molecule has 0 aromatic heterocycles. The highest BCUT2D eigenvalue weighted by Gasteiger charge is 2.37. The van der Waals surface area contributed by atoms with E-state index in [4.69, 9.17) is 5.73 Å². The van der Waals surface area contributed by atoms with E-state index >= 15 is 0 Å². The predicted octanol–water partition coefficient (Wildman–Crippen LogP) is 2.94. The first-order valence-corrected chi connectivity index (χ1v) is 6.11. The van der Waals surface area contributed by atoms with Crippen molar-refractivity contribution in [2.24, 2.45) is 5.73 Å². The summed E-state index contributed by atoms with van der Waals surface area (Å²) in [5.74, 6) is 0.889. The standard InChI is InChI=1S/C14H21NO/c1-10(2)12-4-3-11(13(16)9-12)5-6-14(15)7-8-14/h3-4,9-10,16H,5-8,15H2,1-2H3. The molecule has 0 atom stereocenters. The summed E-state index contributed by atoms with van der Waals surface area (Å²) < 4.78 is 0. The van der Waals surface area contributed by atoms with E-state index in [1.807, 2.05) is 12.1 Å². The molecule has 2 nitrogen and oxygen atoms in total. The molecule has 0 saturated heterocycles. The molecule has 1 aliphatic rings. The molecule has 0 spiro atoms. The van der Waals surface area contributed by atoms with Crippen molar-refractivity contribution in [1.29, 1.82) is 0 Å². The first kappa shape index (κ1) is 11.5. The second-order valence-corrected chi connectivity index (χ2v) is 5.41. The van der Waals surface area contributed by atoms with E-state index < -0.39 is 0 Å². The lowest BCUT2D eigenvalue weighted by atomic mass is 9.98. The van der Waals surface area contributed by atoms with Crippen LogP contribution in [0.15, 0.2) is 18.2 Å². The molecule has 1 aromatic rings. The number of nitrogens with two attached hydrogens (primary N) is 1. The lowest BCUT2D eigenvalue weighted by Crippen LogP contribution is -2.22. The zero-order chi connectivity index (χ0) is 11.8. The second kappa shape index (κ2) is 4.10. The number of benzene rings is 1.